The zero-order valence-electron chi connectivity index (χ0n) is 13.9. The Morgan fingerprint density at radius 2 is 1.60 bits per heavy atom. The van der Waals surface area contributed by atoms with Gasteiger partial charge in [0.05, 0.1) is 6.04 Å². The molecule has 3 heteroatoms. The van der Waals surface area contributed by atoms with Gasteiger partial charge >= 0.3 is 0 Å². The Balaban J connectivity index is 1.47. The van der Waals surface area contributed by atoms with Crippen LogP contribution < -0.4 is 10.5 Å². The van der Waals surface area contributed by atoms with Gasteiger partial charge < -0.3 is 10.5 Å². The third-order valence-corrected chi connectivity index (χ3v) is 4.51. The van der Waals surface area contributed by atoms with Crippen molar-refractivity contribution in [2.75, 3.05) is 0 Å². The molecule has 0 radical (unpaired) electrons. The van der Waals surface area contributed by atoms with Gasteiger partial charge in [-0.05, 0) is 35.2 Å². The Hall–Kier alpha value is -3.07. The summed E-state index contributed by atoms with van der Waals surface area (Å²) < 4.78 is 5.85. The van der Waals surface area contributed by atoms with E-state index in [4.69, 9.17) is 10.5 Å². The predicted octanol–water partition coefficient (Wildman–Crippen LogP) is 4.27. The molecule has 0 aliphatic carbocycles. The normalized spacial score (nSPS) is 16.0. The Morgan fingerprint density at radius 1 is 0.880 bits per heavy atom. The second-order valence-electron chi connectivity index (χ2n) is 6.23. The van der Waals surface area contributed by atoms with Crippen LogP contribution in [0, 0.1) is 0 Å². The minimum Gasteiger partial charge on any atom is -0.489 e. The standard InChI is InChI=1S/C22H20N2O/c23-22-20-9-5-4-8-18(20)14-21(24-22)17-10-12-19(13-11-17)25-15-16-6-2-1-3-7-16/h1-13,21H,14-15H2,(H2,23,24). The van der Waals surface area contributed by atoms with Crippen LogP contribution in [-0.2, 0) is 13.0 Å². The van der Waals surface area contributed by atoms with E-state index >= 15 is 0 Å². The highest BCUT2D eigenvalue weighted by atomic mass is 16.5. The van der Waals surface area contributed by atoms with Gasteiger partial charge in [-0.2, -0.15) is 0 Å². The number of fused-ring (bicyclic) bond motifs is 1. The van der Waals surface area contributed by atoms with E-state index in [1.807, 2.05) is 42.5 Å². The topological polar surface area (TPSA) is 47.6 Å². The number of ether oxygens (including phenoxy) is 1. The highest BCUT2D eigenvalue weighted by Crippen LogP contribution is 2.29. The van der Waals surface area contributed by atoms with Gasteiger partial charge in [-0.25, -0.2) is 0 Å². The molecule has 0 amide bonds. The first kappa shape index (κ1) is 15.5. The van der Waals surface area contributed by atoms with Crippen molar-refractivity contribution < 1.29 is 4.74 Å². The van der Waals surface area contributed by atoms with E-state index in [9.17, 15) is 0 Å². The van der Waals surface area contributed by atoms with E-state index in [0.717, 1.165) is 28.9 Å². The first-order valence-electron chi connectivity index (χ1n) is 8.48. The molecule has 1 unspecified atom stereocenters. The van der Waals surface area contributed by atoms with Gasteiger partial charge in [0.1, 0.15) is 18.2 Å². The Labute approximate surface area is 147 Å². The fraction of sp³-hybridized carbons (Fsp3) is 0.136. The number of hydrogen-bond acceptors (Lipinski definition) is 3. The summed E-state index contributed by atoms with van der Waals surface area (Å²) >= 11 is 0. The summed E-state index contributed by atoms with van der Waals surface area (Å²) in [6, 6.07) is 26.6. The lowest BCUT2D eigenvalue weighted by atomic mass is 9.92. The molecule has 0 spiro atoms. The largest absolute Gasteiger partial charge is 0.489 e. The van der Waals surface area contributed by atoms with Crippen LogP contribution in [0.2, 0.25) is 0 Å². The zero-order chi connectivity index (χ0) is 17.1. The number of hydrogen-bond donors (Lipinski definition) is 1. The lowest BCUT2D eigenvalue weighted by Gasteiger charge is -2.22. The molecule has 0 bridgehead atoms. The van der Waals surface area contributed by atoms with E-state index in [2.05, 4.69) is 41.4 Å². The number of nitrogens with two attached hydrogens (primary N) is 1. The van der Waals surface area contributed by atoms with Gasteiger partial charge in [0.2, 0.25) is 0 Å². The Kier molecular flexibility index (Phi) is 4.21. The van der Waals surface area contributed by atoms with Crippen LogP contribution in [0.15, 0.2) is 83.9 Å². The molecule has 1 aliphatic rings. The van der Waals surface area contributed by atoms with Crippen molar-refractivity contribution in [1.82, 2.24) is 0 Å². The van der Waals surface area contributed by atoms with Gasteiger partial charge in [-0.15, -0.1) is 0 Å². The third-order valence-electron chi connectivity index (χ3n) is 4.51. The molecule has 25 heavy (non-hydrogen) atoms. The molecular formula is C22H20N2O. The van der Waals surface area contributed by atoms with Crippen LogP contribution in [0.5, 0.6) is 5.75 Å². The van der Waals surface area contributed by atoms with Crippen LogP contribution in [0.3, 0.4) is 0 Å². The van der Waals surface area contributed by atoms with Crippen molar-refractivity contribution in [2.45, 2.75) is 19.1 Å². The molecule has 124 valence electrons. The van der Waals surface area contributed by atoms with Crippen molar-refractivity contribution in [1.29, 1.82) is 0 Å². The molecule has 1 atom stereocenters. The van der Waals surface area contributed by atoms with E-state index in [-0.39, 0.29) is 6.04 Å². The van der Waals surface area contributed by atoms with Gasteiger partial charge in [0.15, 0.2) is 0 Å². The smallest absolute Gasteiger partial charge is 0.126 e. The second-order valence-corrected chi connectivity index (χ2v) is 6.23. The SMILES string of the molecule is NC1=NC(c2ccc(OCc3ccccc3)cc2)Cc2ccccc21. The highest BCUT2D eigenvalue weighted by Gasteiger charge is 2.20. The maximum Gasteiger partial charge on any atom is 0.126 e. The summed E-state index contributed by atoms with van der Waals surface area (Å²) in [6.07, 6.45) is 0.876. The average Bonchev–Trinajstić information content (AvgIpc) is 2.68. The molecule has 3 aromatic rings. The number of aliphatic imine (C=N–C) groups is 1. The second kappa shape index (κ2) is 6.81. The van der Waals surface area contributed by atoms with Crippen molar-refractivity contribution in [3.05, 3.63) is 101 Å². The van der Waals surface area contributed by atoms with Crippen LogP contribution in [0.25, 0.3) is 0 Å². The first-order chi connectivity index (χ1) is 12.3. The molecule has 0 aromatic heterocycles. The first-order valence-corrected chi connectivity index (χ1v) is 8.48. The maximum absolute atomic E-state index is 6.14. The number of nitrogens with zero attached hydrogens (tertiary/aromatic N) is 1. The van der Waals surface area contributed by atoms with E-state index in [0.29, 0.717) is 12.4 Å². The summed E-state index contributed by atoms with van der Waals surface area (Å²) in [5, 5.41) is 0. The van der Waals surface area contributed by atoms with Crippen molar-refractivity contribution >= 4 is 5.84 Å². The number of benzene rings is 3. The molecule has 0 fully saturated rings. The van der Waals surface area contributed by atoms with Crippen molar-refractivity contribution in [3.8, 4) is 5.75 Å². The Bertz CT molecular complexity index is 885. The molecule has 1 aliphatic heterocycles. The molecular weight excluding hydrogens is 308 g/mol. The summed E-state index contributed by atoms with van der Waals surface area (Å²) in [7, 11) is 0. The fourth-order valence-corrected chi connectivity index (χ4v) is 3.16. The summed E-state index contributed by atoms with van der Waals surface area (Å²) in [5.41, 5.74) is 10.8. The summed E-state index contributed by atoms with van der Waals surface area (Å²) in [5.74, 6) is 1.48. The maximum atomic E-state index is 6.14. The third kappa shape index (κ3) is 3.41. The fourth-order valence-electron chi connectivity index (χ4n) is 3.16. The molecule has 3 nitrogen and oxygen atoms in total. The van der Waals surface area contributed by atoms with E-state index < -0.39 is 0 Å². The quantitative estimate of drug-likeness (QED) is 0.777. The summed E-state index contributed by atoms with van der Waals surface area (Å²) in [4.78, 5) is 4.67. The summed E-state index contributed by atoms with van der Waals surface area (Å²) in [6.45, 7) is 0.572. The minimum atomic E-state index is 0.0677. The molecule has 0 saturated carbocycles. The predicted molar refractivity (Wildman–Crippen MR) is 101 cm³/mol. The highest BCUT2D eigenvalue weighted by molar-refractivity contribution is 5.99. The molecule has 1 heterocycles. The average molecular weight is 328 g/mol. The van der Waals surface area contributed by atoms with E-state index in [1.165, 1.54) is 5.56 Å². The van der Waals surface area contributed by atoms with Crippen molar-refractivity contribution in [3.63, 3.8) is 0 Å². The number of rotatable bonds is 4. The van der Waals surface area contributed by atoms with Crippen LogP contribution in [0.1, 0.15) is 28.3 Å². The lowest BCUT2D eigenvalue weighted by molar-refractivity contribution is 0.306. The lowest BCUT2D eigenvalue weighted by Crippen LogP contribution is -2.22. The van der Waals surface area contributed by atoms with Gasteiger partial charge in [-0.1, -0.05) is 66.7 Å². The van der Waals surface area contributed by atoms with Crippen LogP contribution >= 0.6 is 0 Å². The van der Waals surface area contributed by atoms with Gasteiger partial charge in [-0.3, -0.25) is 4.99 Å². The van der Waals surface area contributed by atoms with Crippen LogP contribution in [0.4, 0.5) is 0 Å². The monoisotopic (exact) mass is 328 g/mol. The van der Waals surface area contributed by atoms with Crippen molar-refractivity contribution in [2.24, 2.45) is 10.7 Å². The van der Waals surface area contributed by atoms with E-state index in [1.54, 1.807) is 0 Å². The molecule has 2 N–H and O–H groups in total. The van der Waals surface area contributed by atoms with Gasteiger partial charge in [0.25, 0.3) is 0 Å². The minimum absolute atomic E-state index is 0.0677. The Morgan fingerprint density at radius 3 is 2.40 bits per heavy atom. The molecule has 4 rings (SSSR count). The molecule has 0 saturated heterocycles. The zero-order valence-corrected chi connectivity index (χ0v) is 13.9. The number of amidine groups is 1. The molecule has 3 aromatic carbocycles. The van der Waals surface area contributed by atoms with Gasteiger partial charge in [0, 0.05) is 5.56 Å². The van der Waals surface area contributed by atoms with Crippen LogP contribution in [-0.4, -0.2) is 5.84 Å².